The third-order valence-corrected chi connectivity index (χ3v) is 4.78. The molecule has 3 aromatic carbocycles. The molecule has 0 spiro atoms. The van der Waals surface area contributed by atoms with E-state index < -0.39 is 5.97 Å². The molecule has 0 saturated carbocycles. The summed E-state index contributed by atoms with van der Waals surface area (Å²) in [6, 6.07) is 24.4. The Morgan fingerprint density at radius 3 is 2.24 bits per heavy atom. The maximum atomic E-state index is 12.6. The molecule has 5 heteroatoms. The lowest BCUT2D eigenvalue weighted by atomic mass is 9.95. The number of rotatable bonds is 7. The van der Waals surface area contributed by atoms with Crippen LogP contribution in [0.3, 0.4) is 0 Å². The van der Waals surface area contributed by atoms with Gasteiger partial charge in [0.1, 0.15) is 0 Å². The van der Waals surface area contributed by atoms with Crippen LogP contribution in [0.4, 0.5) is 5.69 Å². The van der Waals surface area contributed by atoms with Crippen LogP contribution >= 0.6 is 0 Å². The molecular formula is C24H24N2O3. The minimum absolute atomic E-state index is 0.0564. The number of nitrogens with two attached hydrogens (primary N) is 1. The van der Waals surface area contributed by atoms with Gasteiger partial charge in [-0.2, -0.15) is 0 Å². The van der Waals surface area contributed by atoms with Crippen molar-refractivity contribution in [2.75, 3.05) is 19.0 Å². The van der Waals surface area contributed by atoms with Gasteiger partial charge < -0.3 is 15.8 Å². The molecule has 3 aromatic rings. The summed E-state index contributed by atoms with van der Waals surface area (Å²) in [4.78, 5) is 24.8. The number of anilines is 1. The van der Waals surface area contributed by atoms with Gasteiger partial charge in [-0.05, 0) is 41.4 Å². The third kappa shape index (κ3) is 5.09. The van der Waals surface area contributed by atoms with Crippen LogP contribution < -0.4 is 11.1 Å². The Hall–Kier alpha value is -3.44. The molecule has 3 N–H and O–H groups in total. The lowest BCUT2D eigenvalue weighted by Crippen LogP contribution is -2.21. The van der Waals surface area contributed by atoms with E-state index in [1.165, 1.54) is 7.11 Å². The molecule has 148 valence electrons. The summed E-state index contributed by atoms with van der Waals surface area (Å²) in [5.41, 5.74) is 9.55. The smallest absolute Gasteiger partial charge is 0.338 e. The van der Waals surface area contributed by atoms with Gasteiger partial charge in [0.2, 0.25) is 5.91 Å². The number of esters is 1. The number of amides is 1. The molecule has 0 bridgehead atoms. The third-order valence-electron chi connectivity index (χ3n) is 4.78. The summed E-state index contributed by atoms with van der Waals surface area (Å²) in [5, 5.41) is 2.92. The minimum Gasteiger partial charge on any atom is -0.465 e. The molecule has 0 aliphatic heterocycles. The van der Waals surface area contributed by atoms with Crippen molar-refractivity contribution in [1.29, 1.82) is 0 Å². The molecule has 0 radical (unpaired) electrons. The van der Waals surface area contributed by atoms with Gasteiger partial charge >= 0.3 is 5.97 Å². The van der Waals surface area contributed by atoms with Gasteiger partial charge in [0.15, 0.2) is 0 Å². The summed E-state index contributed by atoms with van der Waals surface area (Å²) in [7, 11) is 1.35. The molecule has 0 aliphatic rings. The van der Waals surface area contributed by atoms with Gasteiger partial charge in [-0.3, -0.25) is 4.79 Å². The molecule has 29 heavy (non-hydrogen) atoms. The monoisotopic (exact) mass is 388 g/mol. The maximum absolute atomic E-state index is 12.6. The number of carbonyl (C=O) groups excluding carboxylic acids is 2. The number of carbonyl (C=O) groups is 2. The van der Waals surface area contributed by atoms with E-state index >= 15 is 0 Å². The van der Waals surface area contributed by atoms with Crippen molar-refractivity contribution in [3.63, 3.8) is 0 Å². The van der Waals surface area contributed by atoms with E-state index in [0.717, 1.165) is 11.1 Å². The van der Waals surface area contributed by atoms with Crippen molar-refractivity contribution >= 4 is 17.6 Å². The van der Waals surface area contributed by atoms with E-state index in [9.17, 15) is 9.59 Å². The number of benzene rings is 3. The first-order valence-corrected chi connectivity index (χ1v) is 9.45. The standard InChI is InChI=1S/C24H24N2O3/c1-29-24(28)21-13-12-20(15-22(21)18-10-6-3-7-11-18)26-23(27)14-19(16-25)17-8-4-2-5-9-17/h2-13,15,19H,14,16,25H2,1H3,(H,26,27). The SMILES string of the molecule is COC(=O)c1ccc(NC(=O)CC(CN)c2ccccc2)cc1-c1ccccc1. The predicted octanol–water partition coefficient (Wildman–Crippen LogP) is 4.21. The van der Waals surface area contributed by atoms with Gasteiger partial charge in [-0.25, -0.2) is 4.79 Å². The van der Waals surface area contributed by atoms with Crippen LogP contribution in [-0.2, 0) is 9.53 Å². The second-order valence-corrected chi connectivity index (χ2v) is 6.71. The van der Waals surface area contributed by atoms with Gasteiger partial charge in [-0.1, -0.05) is 60.7 Å². The molecule has 1 unspecified atom stereocenters. The Balaban J connectivity index is 1.82. The normalized spacial score (nSPS) is 11.5. The maximum Gasteiger partial charge on any atom is 0.338 e. The van der Waals surface area contributed by atoms with Crippen LogP contribution in [0.5, 0.6) is 0 Å². The van der Waals surface area contributed by atoms with E-state index in [2.05, 4.69) is 5.32 Å². The van der Waals surface area contributed by atoms with Crippen molar-refractivity contribution in [2.24, 2.45) is 5.73 Å². The van der Waals surface area contributed by atoms with Crippen LogP contribution in [0.15, 0.2) is 78.9 Å². The highest BCUT2D eigenvalue weighted by atomic mass is 16.5. The quantitative estimate of drug-likeness (QED) is 0.594. The van der Waals surface area contributed by atoms with Crippen LogP contribution in [-0.4, -0.2) is 25.5 Å². The zero-order chi connectivity index (χ0) is 20.6. The van der Waals surface area contributed by atoms with Gasteiger partial charge in [-0.15, -0.1) is 0 Å². The zero-order valence-electron chi connectivity index (χ0n) is 16.3. The van der Waals surface area contributed by atoms with E-state index in [4.69, 9.17) is 10.5 Å². The molecule has 0 saturated heterocycles. The van der Waals surface area contributed by atoms with E-state index in [0.29, 0.717) is 23.4 Å². The number of methoxy groups -OCH3 is 1. The molecule has 0 heterocycles. The summed E-state index contributed by atoms with van der Waals surface area (Å²) < 4.78 is 4.90. The Bertz CT molecular complexity index is 972. The molecule has 0 aromatic heterocycles. The lowest BCUT2D eigenvalue weighted by Gasteiger charge is -2.16. The fourth-order valence-electron chi connectivity index (χ4n) is 3.26. The van der Waals surface area contributed by atoms with Gasteiger partial charge in [0.05, 0.1) is 12.7 Å². The average molecular weight is 388 g/mol. The van der Waals surface area contributed by atoms with Gasteiger partial charge in [0, 0.05) is 18.0 Å². The van der Waals surface area contributed by atoms with Crippen molar-refractivity contribution in [2.45, 2.75) is 12.3 Å². The molecule has 1 atom stereocenters. The molecule has 0 aliphatic carbocycles. The zero-order valence-corrected chi connectivity index (χ0v) is 16.3. The van der Waals surface area contributed by atoms with Crippen molar-refractivity contribution in [3.05, 3.63) is 90.0 Å². The van der Waals surface area contributed by atoms with Crippen molar-refractivity contribution < 1.29 is 14.3 Å². The fourth-order valence-corrected chi connectivity index (χ4v) is 3.26. The van der Waals surface area contributed by atoms with E-state index in [-0.39, 0.29) is 18.2 Å². The topological polar surface area (TPSA) is 81.4 Å². The largest absolute Gasteiger partial charge is 0.465 e. The van der Waals surface area contributed by atoms with E-state index in [1.807, 2.05) is 60.7 Å². The fraction of sp³-hybridized carbons (Fsp3) is 0.167. The number of nitrogens with one attached hydrogen (secondary N) is 1. The second kappa shape index (κ2) is 9.66. The summed E-state index contributed by atoms with van der Waals surface area (Å²) >= 11 is 0. The molecule has 3 rings (SSSR count). The lowest BCUT2D eigenvalue weighted by molar-refractivity contribution is -0.116. The Kier molecular flexibility index (Phi) is 6.76. The van der Waals surface area contributed by atoms with Crippen LogP contribution in [0, 0.1) is 0 Å². The Morgan fingerprint density at radius 1 is 0.966 bits per heavy atom. The predicted molar refractivity (Wildman–Crippen MR) is 115 cm³/mol. The van der Waals surface area contributed by atoms with E-state index in [1.54, 1.807) is 18.2 Å². The summed E-state index contributed by atoms with van der Waals surface area (Å²) in [6.45, 7) is 0.383. The Labute approximate surface area is 170 Å². The first kappa shape index (κ1) is 20.3. The molecule has 1 amide bonds. The van der Waals surface area contributed by atoms with Crippen LogP contribution in [0.25, 0.3) is 11.1 Å². The highest BCUT2D eigenvalue weighted by Gasteiger charge is 2.17. The first-order chi connectivity index (χ1) is 14.1. The molecule has 0 fully saturated rings. The van der Waals surface area contributed by atoms with Crippen LogP contribution in [0.1, 0.15) is 28.3 Å². The number of hydrogen-bond acceptors (Lipinski definition) is 4. The Morgan fingerprint density at radius 2 is 1.62 bits per heavy atom. The highest BCUT2D eigenvalue weighted by molar-refractivity contribution is 5.99. The van der Waals surface area contributed by atoms with Crippen molar-refractivity contribution in [3.8, 4) is 11.1 Å². The minimum atomic E-state index is -0.422. The number of ether oxygens (including phenoxy) is 1. The van der Waals surface area contributed by atoms with Crippen LogP contribution in [0.2, 0.25) is 0 Å². The molecule has 5 nitrogen and oxygen atoms in total. The molecular weight excluding hydrogens is 364 g/mol. The second-order valence-electron chi connectivity index (χ2n) is 6.71. The first-order valence-electron chi connectivity index (χ1n) is 9.45. The van der Waals surface area contributed by atoms with Gasteiger partial charge in [0.25, 0.3) is 0 Å². The number of hydrogen-bond donors (Lipinski definition) is 2. The average Bonchev–Trinajstić information content (AvgIpc) is 2.78. The summed E-state index contributed by atoms with van der Waals surface area (Å²) in [6.07, 6.45) is 0.278. The summed E-state index contributed by atoms with van der Waals surface area (Å²) in [5.74, 6) is -0.609. The van der Waals surface area contributed by atoms with Crippen molar-refractivity contribution in [1.82, 2.24) is 0 Å². The highest BCUT2D eigenvalue weighted by Crippen LogP contribution is 2.28.